The summed E-state index contributed by atoms with van der Waals surface area (Å²) in [6.07, 6.45) is -87.3. The molecule has 0 bridgehead atoms. The second-order valence-electron chi connectivity index (χ2n) is 2.95. The second kappa shape index (κ2) is 19.7. The van der Waals surface area contributed by atoms with Gasteiger partial charge in [-0.05, 0) is 6.37 Å². The standard InChI is InChI=1S/C21H42O4/c1-2-3-4-5-6-7-8-9-10-11-12-13-14-15-16-17-21(24)25-19-20(23)18-22/h20,22-23H,2-19H2,1H3/i1D3,2D2,3D2,4D2,5D2,6D2,7D2,8D2,9D2,10D2,11D2,12D2,13D2,14D2,15D2,16D2,17D2,18D2,19D2,20D. The molecule has 1 atom stereocenters. The molecule has 0 aromatic heterocycles. The fourth-order valence-electron chi connectivity index (χ4n) is 0.632. The highest BCUT2D eigenvalue weighted by Crippen LogP contribution is 2.13. The molecule has 0 aliphatic rings. The highest BCUT2D eigenvalue weighted by atomic mass is 16.5. The SMILES string of the molecule is [2H]C([2H])([2H])C([2H])([2H])C([2H])([2H])C([2H])([2H])C([2H])([2H])C([2H])([2H])C([2H])([2H])C([2H])([2H])C([2H])([2H])C([2H])([2H])C([2H])([2H])C([2H])([2H])C([2H])([2H])C([2H])([2H])C([2H])([2H])C([2H])([2H])C([2H])([2H])C(=O)OC([2H])([2H])C([2H])(O)C([2H])([2H])O. The molecular formula is C21H42O4. The van der Waals surface area contributed by atoms with E-state index < -0.39 is 134 Å². The lowest BCUT2D eigenvalue weighted by atomic mass is 10.0. The molecule has 0 fully saturated rings. The molecule has 0 aliphatic carbocycles. The number of hydrogen-bond acceptors (Lipinski definition) is 4. The molecule has 0 saturated carbocycles. The smallest absolute Gasteiger partial charge is 0.305 e. The molecule has 4 nitrogen and oxygen atoms in total. The lowest BCUT2D eigenvalue weighted by Gasteiger charge is -2.08. The quantitative estimate of drug-likeness (QED) is 0.295. The van der Waals surface area contributed by atoms with Gasteiger partial charge in [-0.2, -0.15) is 0 Å². The summed E-state index contributed by atoms with van der Waals surface area (Å²) in [5.74, 6) is -3.12. The van der Waals surface area contributed by atoms with E-state index in [1.165, 1.54) is 0 Å². The van der Waals surface area contributed by atoms with E-state index >= 15 is 0 Å². The molecule has 2 N–H and O–H groups in total. The van der Waals surface area contributed by atoms with Crippen LogP contribution in [0.25, 0.3) is 0 Å². The van der Waals surface area contributed by atoms with Crippen LogP contribution < -0.4 is 0 Å². The van der Waals surface area contributed by atoms with Crippen LogP contribution in [-0.4, -0.2) is 35.4 Å². The summed E-state index contributed by atoms with van der Waals surface area (Å²) >= 11 is 0. The Morgan fingerprint density at radius 2 is 1.36 bits per heavy atom. The molecule has 0 aliphatic heterocycles. The van der Waals surface area contributed by atoms with Crippen LogP contribution in [0.4, 0.5) is 0 Å². The van der Waals surface area contributed by atoms with Crippen molar-refractivity contribution >= 4 is 5.97 Å². The number of ether oxygens (including phenoxy) is 1. The molecule has 4 heteroatoms. The Hall–Kier alpha value is -0.610. The maximum atomic E-state index is 12.7. The predicted octanol–water partition coefficient (Wildman–Crippen LogP) is 5.14. The van der Waals surface area contributed by atoms with Gasteiger partial charge in [-0.1, -0.05) is 96.1 Å². The Bertz CT molecular complexity index is 1760. The van der Waals surface area contributed by atoms with Gasteiger partial charge >= 0.3 is 5.97 Å². The summed E-state index contributed by atoms with van der Waals surface area (Å²) in [6, 6.07) is 0. The van der Waals surface area contributed by atoms with E-state index in [1.54, 1.807) is 0 Å². The highest BCUT2D eigenvalue weighted by molar-refractivity contribution is 5.69. The number of carbonyl (C=O) groups is 1. The molecule has 150 valence electrons. The van der Waals surface area contributed by atoms with Crippen molar-refractivity contribution in [3.05, 3.63) is 0 Å². The lowest BCUT2D eigenvalue weighted by Crippen LogP contribution is -2.21. The maximum Gasteiger partial charge on any atom is 0.305 e. The van der Waals surface area contributed by atoms with Gasteiger partial charge in [-0.3, -0.25) is 4.79 Å². The minimum Gasteiger partial charge on any atom is -0.463 e. The van der Waals surface area contributed by atoms with Gasteiger partial charge in [-0.25, -0.2) is 0 Å². The van der Waals surface area contributed by atoms with Gasteiger partial charge in [0, 0.05) is 54.3 Å². The van der Waals surface area contributed by atoms with Crippen molar-refractivity contribution in [1.29, 1.82) is 0 Å². The molecule has 0 heterocycles. The first-order valence-corrected chi connectivity index (χ1v) is 5.81. The molecule has 1 unspecified atom stereocenters. The topological polar surface area (TPSA) is 66.8 Å². The van der Waals surface area contributed by atoms with E-state index in [0.29, 0.717) is 0 Å². The molecule has 0 rings (SSSR count). The van der Waals surface area contributed by atoms with Gasteiger partial charge in [-0.15, -0.1) is 0 Å². The average Bonchev–Trinajstić information content (AvgIpc) is 3.05. The Kier molecular flexibility index (Phi) is 2.62. The fourth-order valence-corrected chi connectivity index (χ4v) is 0.632. The first-order chi connectivity index (χ1) is 27.1. The normalized spacial score (nSPS) is 48.1. The number of esters is 1. The Labute approximate surface area is 211 Å². The van der Waals surface area contributed by atoms with E-state index in [2.05, 4.69) is 4.74 Å². The molecule has 0 amide bonds. The monoisotopic (exact) mass is 399 g/mol. The first kappa shape index (κ1) is 3.32. The first-order valence-electron chi connectivity index (χ1n) is 25.8. The van der Waals surface area contributed by atoms with Gasteiger partial charge in [0.15, 0.2) is 0 Å². The third-order valence-electron chi connectivity index (χ3n) is 1.39. The van der Waals surface area contributed by atoms with Crippen molar-refractivity contribution in [3.8, 4) is 0 Å². The zero-order chi connectivity index (χ0) is 54.3. The Balaban J connectivity index is 7.83. The maximum absolute atomic E-state index is 12.7. The average molecular weight is 399 g/mol. The number of carbonyl (C=O) groups excluding carboxylic acids is 1. The highest BCUT2D eigenvalue weighted by Gasteiger charge is 2.07. The second-order valence-corrected chi connectivity index (χ2v) is 2.95. The van der Waals surface area contributed by atoms with Crippen LogP contribution in [0.2, 0.25) is 0 Å². The van der Waals surface area contributed by atoms with Gasteiger partial charge in [0.1, 0.15) is 12.6 Å². The summed E-state index contributed by atoms with van der Waals surface area (Å²) in [5.41, 5.74) is 0. The summed E-state index contributed by atoms with van der Waals surface area (Å²) in [5, 5.41) is 19.1. The molecule has 0 aromatic carbocycles. The van der Waals surface area contributed by atoms with Crippen LogP contribution in [0.5, 0.6) is 0 Å². The van der Waals surface area contributed by atoms with E-state index in [4.69, 9.17) is 54.8 Å². The molecule has 0 aromatic rings. The number of rotatable bonds is 19. The van der Waals surface area contributed by atoms with Crippen molar-refractivity contribution in [3.63, 3.8) is 0 Å². The third kappa shape index (κ3) is 19.6. The summed E-state index contributed by atoms with van der Waals surface area (Å²) in [4.78, 5) is 12.7. The van der Waals surface area contributed by atoms with Crippen LogP contribution in [0, 0.1) is 0 Å². The summed E-state index contributed by atoms with van der Waals surface area (Å²) < 4.78 is 321. The van der Waals surface area contributed by atoms with E-state index in [0.717, 1.165) is 0 Å². The number of aliphatic hydroxyl groups is 2. The van der Waals surface area contributed by atoms with Gasteiger partial charge < -0.3 is 14.9 Å². The summed E-state index contributed by atoms with van der Waals surface area (Å²) in [6.45, 7) is -13.2. The largest absolute Gasteiger partial charge is 0.463 e. The Morgan fingerprint density at radius 3 is 1.80 bits per heavy atom. The van der Waals surface area contributed by atoms with Crippen molar-refractivity contribution < 1.29 is 74.6 Å². The molecule has 0 saturated heterocycles. The molecule has 0 radical (unpaired) electrons. The fraction of sp³-hybridized carbons (Fsp3) is 0.952. The van der Waals surface area contributed by atoms with Crippen LogP contribution in [0.3, 0.4) is 0 Å². The minimum absolute atomic E-state index is 3.12. The van der Waals surface area contributed by atoms with E-state index in [-0.39, 0.29) is 0 Å². The van der Waals surface area contributed by atoms with E-state index in [9.17, 15) is 15.0 Å². The van der Waals surface area contributed by atoms with Crippen LogP contribution >= 0.6 is 0 Å². The van der Waals surface area contributed by atoms with E-state index in [1.807, 2.05) is 0 Å². The van der Waals surface area contributed by atoms with Crippen molar-refractivity contribution in [2.45, 2.75) is 115 Å². The summed E-state index contributed by atoms with van der Waals surface area (Å²) in [7, 11) is 0. The van der Waals surface area contributed by atoms with Gasteiger partial charge in [0.05, 0.1) is 13.4 Å². The van der Waals surface area contributed by atoms with Crippen molar-refractivity contribution in [1.82, 2.24) is 0 Å². The van der Waals surface area contributed by atoms with Crippen LogP contribution in [-0.2, 0) is 9.53 Å². The zero-order valence-corrected chi connectivity index (χ0v) is 12.2. The number of hydrogen-bond donors (Lipinski definition) is 2. The van der Waals surface area contributed by atoms with Crippen LogP contribution in [0.1, 0.15) is 164 Å². The third-order valence-corrected chi connectivity index (χ3v) is 1.39. The Morgan fingerprint density at radius 1 is 0.920 bits per heavy atom. The van der Waals surface area contributed by atoms with Gasteiger partial charge in [0.2, 0.25) is 0 Å². The van der Waals surface area contributed by atoms with Gasteiger partial charge in [0.25, 0.3) is 0 Å². The van der Waals surface area contributed by atoms with Crippen molar-refractivity contribution in [2.75, 3.05) is 13.1 Å². The van der Waals surface area contributed by atoms with Crippen LogP contribution in [0.15, 0.2) is 0 Å². The molecular weight excluding hydrogens is 316 g/mol. The molecule has 25 heavy (non-hydrogen) atoms. The zero-order valence-electron chi connectivity index (χ0n) is 52.2. The minimum atomic E-state index is -5.39. The lowest BCUT2D eigenvalue weighted by molar-refractivity contribution is -0.147. The molecule has 0 spiro atoms. The predicted molar refractivity (Wildman–Crippen MR) is 104 cm³/mol. The van der Waals surface area contributed by atoms with Crippen molar-refractivity contribution in [2.24, 2.45) is 0 Å².